The van der Waals surface area contributed by atoms with Crippen LogP contribution < -0.4 is 0 Å². The fourth-order valence-corrected chi connectivity index (χ4v) is 1.84. The van der Waals surface area contributed by atoms with Crippen molar-refractivity contribution in [2.24, 2.45) is 0 Å². The topological polar surface area (TPSA) is 9.23 Å². The third-order valence-corrected chi connectivity index (χ3v) is 4.69. The second kappa shape index (κ2) is 8.15. The van der Waals surface area contributed by atoms with E-state index >= 15 is 0 Å². The molecule has 0 N–H and O–H groups in total. The minimum atomic E-state index is 0.279. The van der Waals surface area contributed by atoms with E-state index in [2.05, 4.69) is 53.0 Å². The van der Waals surface area contributed by atoms with Crippen molar-refractivity contribution >= 4 is 25.3 Å². The van der Waals surface area contributed by atoms with E-state index < -0.39 is 0 Å². The standard InChI is InChI=1S/C14H26OS2/c1-7-13(16)9(3)11(5)15-12(6)10(4)14(17)8-2/h13-14,16-17H,7-8H2,1-6H3. The molecule has 0 aliphatic carbocycles. The predicted molar refractivity (Wildman–Crippen MR) is 84.0 cm³/mol. The SMILES string of the molecule is CCC(S)C(C)=C(C)OC(C)=C(C)C(S)CC. The summed E-state index contributed by atoms with van der Waals surface area (Å²) < 4.78 is 5.88. The van der Waals surface area contributed by atoms with E-state index in [0.717, 1.165) is 24.4 Å². The number of allylic oxidation sites excluding steroid dienone is 2. The zero-order valence-electron chi connectivity index (χ0n) is 11.9. The van der Waals surface area contributed by atoms with Crippen molar-refractivity contribution in [2.75, 3.05) is 0 Å². The molecule has 0 aliphatic rings. The Balaban J connectivity index is 4.85. The van der Waals surface area contributed by atoms with Crippen molar-refractivity contribution in [1.29, 1.82) is 0 Å². The van der Waals surface area contributed by atoms with E-state index in [-0.39, 0.29) is 10.5 Å². The first-order valence-electron chi connectivity index (χ1n) is 6.23. The van der Waals surface area contributed by atoms with Gasteiger partial charge in [0.1, 0.15) is 11.5 Å². The lowest BCUT2D eigenvalue weighted by atomic mass is 10.1. The lowest BCUT2D eigenvalue weighted by Crippen LogP contribution is -2.06. The van der Waals surface area contributed by atoms with Gasteiger partial charge in [0.2, 0.25) is 0 Å². The Hall–Kier alpha value is -0.0200. The molecule has 0 radical (unpaired) electrons. The molecule has 0 fully saturated rings. The maximum atomic E-state index is 5.88. The minimum absolute atomic E-state index is 0.279. The number of rotatable bonds is 6. The van der Waals surface area contributed by atoms with Crippen LogP contribution >= 0.6 is 25.3 Å². The van der Waals surface area contributed by atoms with Gasteiger partial charge in [-0.25, -0.2) is 0 Å². The van der Waals surface area contributed by atoms with Gasteiger partial charge in [0.05, 0.1) is 0 Å². The van der Waals surface area contributed by atoms with E-state index in [0.29, 0.717) is 0 Å². The van der Waals surface area contributed by atoms with Gasteiger partial charge in [-0.05, 0) is 51.7 Å². The zero-order valence-corrected chi connectivity index (χ0v) is 13.7. The molecule has 0 heterocycles. The summed E-state index contributed by atoms with van der Waals surface area (Å²) in [5.41, 5.74) is 2.41. The third-order valence-electron chi connectivity index (χ3n) is 3.19. The fraction of sp³-hybridized carbons (Fsp3) is 0.714. The number of hydrogen-bond acceptors (Lipinski definition) is 3. The van der Waals surface area contributed by atoms with E-state index in [1.807, 2.05) is 13.8 Å². The Morgan fingerprint density at radius 1 is 0.824 bits per heavy atom. The monoisotopic (exact) mass is 274 g/mol. The summed E-state index contributed by atoms with van der Waals surface area (Å²) in [6.45, 7) is 12.4. The van der Waals surface area contributed by atoms with E-state index in [1.165, 1.54) is 11.1 Å². The molecule has 0 aliphatic heterocycles. The second-order valence-corrected chi connectivity index (χ2v) is 5.68. The lowest BCUT2D eigenvalue weighted by Gasteiger charge is -2.17. The Kier molecular flexibility index (Phi) is 8.14. The first kappa shape index (κ1) is 17.0. The van der Waals surface area contributed by atoms with Gasteiger partial charge in [0.15, 0.2) is 0 Å². The van der Waals surface area contributed by atoms with Crippen LogP contribution in [0.15, 0.2) is 22.7 Å². The minimum Gasteiger partial charge on any atom is -0.467 e. The van der Waals surface area contributed by atoms with E-state index in [4.69, 9.17) is 4.74 Å². The molecular formula is C14H26OS2. The Bertz CT molecular complexity index is 275. The molecule has 0 aromatic rings. The summed E-state index contributed by atoms with van der Waals surface area (Å²) in [7, 11) is 0. The number of ether oxygens (including phenoxy) is 1. The van der Waals surface area contributed by atoms with Crippen molar-refractivity contribution in [3.05, 3.63) is 22.7 Å². The van der Waals surface area contributed by atoms with Crippen molar-refractivity contribution in [2.45, 2.75) is 64.9 Å². The molecule has 0 saturated heterocycles. The molecule has 2 unspecified atom stereocenters. The molecule has 0 bridgehead atoms. The van der Waals surface area contributed by atoms with Crippen molar-refractivity contribution in [3.63, 3.8) is 0 Å². The van der Waals surface area contributed by atoms with Crippen LogP contribution in [-0.2, 0) is 4.74 Å². The van der Waals surface area contributed by atoms with Gasteiger partial charge in [0, 0.05) is 10.5 Å². The quantitative estimate of drug-likeness (QED) is 0.511. The lowest BCUT2D eigenvalue weighted by molar-refractivity contribution is 0.297. The highest BCUT2D eigenvalue weighted by Crippen LogP contribution is 2.23. The highest BCUT2D eigenvalue weighted by atomic mass is 32.1. The van der Waals surface area contributed by atoms with E-state index in [9.17, 15) is 0 Å². The molecule has 100 valence electrons. The largest absolute Gasteiger partial charge is 0.467 e. The van der Waals surface area contributed by atoms with E-state index in [1.54, 1.807) is 0 Å². The first-order chi connectivity index (χ1) is 7.84. The molecule has 3 heteroatoms. The fourth-order valence-electron chi connectivity index (χ4n) is 1.47. The molecule has 2 atom stereocenters. The third kappa shape index (κ3) is 5.43. The van der Waals surface area contributed by atoms with Gasteiger partial charge in [-0.1, -0.05) is 13.8 Å². The van der Waals surface area contributed by atoms with Crippen LogP contribution in [0.1, 0.15) is 54.4 Å². The summed E-state index contributed by atoms with van der Waals surface area (Å²) in [6.07, 6.45) is 2.03. The Labute approximate surface area is 118 Å². The molecule has 1 nitrogen and oxygen atoms in total. The van der Waals surface area contributed by atoms with Crippen LogP contribution in [0.4, 0.5) is 0 Å². The summed E-state index contributed by atoms with van der Waals surface area (Å²) in [6, 6.07) is 0. The molecule has 0 aromatic heterocycles. The van der Waals surface area contributed by atoms with Gasteiger partial charge < -0.3 is 4.74 Å². The summed E-state index contributed by atoms with van der Waals surface area (Å²) in [5, 5.41) is 0.558. The maximum absolute atomic E-state index is 5.88. The number of hydrogen-bond donors (Lipinski definition) is 2. The normalized spacial score (nSPS) is 18.1. The maximum Gasteiger partial charge on any atom is 0.100 e. The molecule has 0 rings (SSSR count). The van der Waals surface area contributed by atoms with Gasteiger partial charge in [-0.2, -0.15) is 25.3 Å². The van der Waals surface area contributed by atoms with Gasteiger partial charge in [-0.15, -0.1) is 0 Å². The molecule has 0 spiro atoms. The van der Waals surface area contributed by atoms with Crippen LogP contribution in [0, 0.1) is 0 Å². The summed E-state index contributed by atoms with van der Waals surface area (Å²) in [4.78, 5) is 0. The molecule has 0 amide bonds. The molecule has 17 heavy (non-hydrogen) atoms. The average Bonchev–Trinajstić information content (AvgIpc) is 2.34. The Morgan fingerprint density at radius 3 is 1.35 bits per heavy atom. The number of thiol groups is 2. The van der Waals surface area contributed by atoms with Gasteiger partial charge >= 0.3 is 0 Å². The molecule has 0 aromatic carbocycles. The molecular weight excluding hydrogens is 248 g/mol. The summed E-state index contributed by atoms with van der Waals surface area (Å²) >= 11 is 9.06. The van der Waals surface area contributed by atoms with Gasteiger partial charge in [0.25, 0.3) is 0 Å². The first-order valence-corrected chi connectivity index (χ1v) is 7.27. The highest BCUT2D eigenvalue weighted by molar-refractivity contribution is 7.81. The van der Waals surface area contributed by atoms with Crippen LogP contribution in [0.5, 0.6) is 0 Å². The van der Waals surface area contributed by atoms with Crippen LogP contribution in [0.25, 0.3) is 0 Å². The van der Waals surface area contributed by atoms with Crippen LogP contribution in [0.2, 0.25) is 0 Å². The smallest absolute Gasteiger partial charge is 0.100 e. The zero-order chi connectivity index (χ0) is 13.6. The molecule has 0 saturated carbocycles. The average molecular weight is 274 g/mol. The predicted octanol–water partition coefficient (Wildman–Crippen LogP) is 5.01. The Morgan fingerprint density at radius 2 is 1.12 bits per heavy atom. The van der Waals surface area contributed by atoms with Crippen LogP contribution in [-0.4, -0.2) is 10.5 Å². The van der Waals surface area contributed by atoms with Crippen LogP contribution in [0.3, 0.4) is 0 Å². The van der Waals surface area contributed by atoms with Crippen molar-refractivity contribution < 1.29 is 4.74 Å². The van der Waals surface area contributed by atoms with Gasteiger partial charge in [-0.3, -0.25) is 0 Å². The summed E-state index contributed by atoms with van der Waals surface area (Å²) in [5.74, 6) is 1.92. The van der Waals surface area contributed by atoms with Crippen molar-refractivity contribution in [1.82, 2.24) is 0 Å². The second-order valence-electron chi connectivity index (χ2n) is 4.43. The van der Waals surface area contributed by atoms with Crippen molar-refractivity contribution in [3.8, 4) is 0 Å². The highest BCUT2D eigenvalue weighted by Gasteiger charge is 2.11.